The molecule has 0 unspecified atom stereocenters. The fourth-order valence-electron chi connectivity index (χ4n) is 2.46. The van der Waals surface area contributed by atoms with Gasteiger partial charge in [0, 0.05) is 23.1 Å². The second kappa shape index (κ2) is 4.57. The zero-order valence-electron chi connectivity index (χ0n) is 10.1. The van der Waals surface area contributed by atoms with E-state index in [1.807, 2.05) is 48.5 Å². The lowest BCUT2D eigenvalue weighted by Gasteiger charge is -2.07. The van der Waals surface area contributed by atoms with Crippen molar-refractivity contribution >= 4 is 11.4 Å². The number of benzene rings is 2. The van der Waals surface area contributed by atoms with Crippen LogP contribution in [-0.4, -0.2) is 21.8 Å². The smallest absolute Gasteiger partial charge is 0.118 e. The molecule has 94 valence electrons. The van der Waals surface area contributed by atoms with E-state index in [-0.39, 0.29) is 0 Å². The molecule has 0 fully saturated rings. The van der Waals surface area contributed by atoms with E-state index in [1.54, 1.807) is 0 Å². The Hall–Kier alpha value is -2.62. The predicted molar refractivity (Wildman–Crippen MR) is 72.3 cm³/mol. The molecule has 0 aromatic heterocycles. The molecule has 0 aliphatic heterocycles. The number of rotatable bonds is 0. The van der Waals surface area contributed by atoms with Crippen LogP contribution in [0, 0.1) is 0 Å². The standard InChI is InChI=1S/C15H12N2O2/c18-16-14-9-10-5-1-2-6-11(10)15(17-19)13-8-4-3-7-12(13)14/h1-8,18-19H,9H2. The van der Waals surface area contributed by atoms with Crippen LogP contribution in [0.25, 0.3) is 0 Å². The summed E-state index contributed by atoms with van der Waals surface area (Å²) in [6, 6.07) is 15.1. The van der Waals surface area contributed by atoms with Gasteiger partial charge in [-0.25, -0.2) is 0 Å². The van der Waals surface area contributed by atoms with Crippen LogP contribution in [0.3, 0.4) is 0 Å². The van der Waals surface area contributed by atoms with E-state index in [0.717, 1.165) is 22.3 Å². The lowest BCUT2D eigenvalue weighted by atomic mass is 9.98. The van der Waals surface area contributed by atoms with Crippen molar-refractivity contribution in [1.82, 2.24) is 0 Å². The minimum atomic E-state index is 0.503. The number of fused-ring (bicyclic) bond motifs is 2. The van der Waals surface area contributed by atoms with Gasteiger partial charge in [-0.3, -0.25) is 0 Å². The highest BCUT2D eigenvalue weighted by atomic mass is 16.4. The molecule has 2 aromatic rings. The summed E-state index contributed by atoms with van der Waals surface area (Å²) in [5.41, 5.74) is 4.46. The van der Waals surface area contributed by atoms with Crippen molar-refractivity contribution in [3.8, 4) is 0 Å². The molecule has 4 nitrogen and oxygen atoms in total. The Morgan fingerprint density at radius 1 is 0.737 bits per heavy atom. The lowest BCUT2D eigenvalue weighted by Crippen LogP contribution is -2.07. The zero-order chi connectivity index (χ0) is 13.2. The molecular formula is C15H12N2O2. The molecule has 0 saturated carbocycles. The molecular weight excluding hydrogens is 240 g/mol. The molecule has 0 saturated heterocycles. The summed E-state index contributed by atoms with van der Waals surface area (Å²) >= 11 is 0. The minimum absolute atomic E-state index is 0.503. The fraction of sp³-hybridized carbons (Fsp3) is 0.0667. The van der Waals surface area contributed by atoms with Gasteiger partial charge in [0.2, 0.25) is 0 Å². The van der Waals surface area contributed by atoms with Crippen LogP contribution in [-0.2, 0) is 6.42 Å². The molecule has 1 aliphatic carbocycles. The molecule has 1 aliphatic rings. The summed E-state index contributed by atoms with van der Waals surface area (Å²) in [5.74, 6) is 0. The van der Waals surface area contributed by atoms with Crippen LogP contribution in [0.4, 0.5) is 0 Å². The summed E-state index contributed by atoms with van der Waals surface area (Å²) in [7, 11) is 0. The maximum atomic E-state index is 9.35. The first-order valence-electron chi connectivity index (χ1n) is 5.96. The third-order valence-corrected chi connectivity index (χ3v) is 3.34. The van der Waals surface area contributed by atoms with E-state index < -0.39 is 0 Å². The van der Waals surface area contributed by atoms with Crippen molar-refractivity contribution < 1.29 is 10.4 Å². The fourth-order valence-corrected chi connectivity index (χ4v) is 2.46. The van der Waals surface area contributed by atoms with E-state index in [1.165, 1.54) is 0 Å². The Morgan fingerprint density at radius 3 is 2.05 bits per heavy atom. The largest absolute Gasteiger partial charge is 0.411 e. The van der Waals surface area contributed by atoms with Crippen molar-refractivity contribution in [3.05, 3.63) is 70.8 Å². The number of oxime groups is 2. The molecule has 0 bridgehead atoms. The van der Waals surface area contributed by atoms with E-state index in [2.05, 4.69) is 10.3 Å². The summed E-state index contributed by atoms with van der Waals surface area (Å²) in [6.45, 7) is 0. The molecule has 4 heteroatoms. The zero-order valence-corrected chi connectivity index (χ0v) is 10.1. The van der Waals surface area contributed by atoms with Gasteiger partial charge in [-0.2, -0.15) is 0 Å². The van der Waals surface area contributed by atoms with E-state index in [0.29, 0.717) is 17.8 Å². The molecule has 0 radical (unpaired) electrons. The highest BCUT2D eigenvalue weighted by molar-refractivity contribution is 6.22. The van der Waals surface area contributed by atoms with Crippen molar-refractivity contribution in [2.24, 2.45) is 10.3 Å². The van der Waals surface area contributed by atoms with Gasteiger partial charge in [0.1, 0.15) is 5.71 Å². The van der Waals surface area contributed by atoms with Gasteiger partial charge in [-0.15, -0.1) is 0 Å². The number of nitrogens with zero attached hydrogens (tertiary/aromatic N) is 2. The van der Waals surface area contributed by atoms with E-state index >= 15 is 0 Å². The van der Waals surface area contributed by atoms with Crippen molar-refractivity contribution in [2.75, 3.05) is 0 Å². The lowest BCUT2D eigenvalue weighted by molar-refractivity contribution is 0.318. The quantitative estimate of drug-likeness (QED) is 0.559. The average Bonchev–Trinajstić information content (AvgIpc) is 2.61. The summed E-state index contributed by atoms with van der Waals surface area (Å²) < 4.78 is 0. The third kappa shape index (κ3) is 1.78. The monoisotopic (exact) mass is 252 g/mol. The molecule has 2 N–H and O–H groups in total. The average molecular weight is 252 g/mol. The molecule has 19 heavy (non-hydrogen) atoms. The Balaban J connectivity index is 2.35. The molecule has 2 aromatic carbocycles. The van der Waals surface area contributed by atoms with Gasteiger partial charge in [0.25, 0.3) is 0 Å². The normalized spacial score (nSPS) is 17.9. The minimum Gasteiger partial charge on any atom is -0.411 e. The third-order valence-electron chi connectivity index (χ3n) is 3.34. The van der Waals surface area contributed by atoms with Gasteiger partial charge in [0.15, 0.2) is 0 Å². The Labute approximate surface area is 110 Å². The van der Waals surface area contributed by atoms with Gasteiger partial charge in [-0.05, 0) is 5.56 Å². The maximum Gasteiger partial charge on any atom is 0.118 e. The van der Waals surface area contributed by atoms with Crippen LogP contribution in [0.1, 0.15) is 22.3 Å². The van der Waals surface area contributed by atoms with Crippen molar-refractivity contribution in [2.45, 2.75) is 6.42 Å². The first-order valence-corrected chi connectivity index (χ1v) is 5.96. The van der Waals surface area contributed by atoms with E-state index in [9.17, 15) is 10.4 Å². The van der Waals surface area contributed by atoms with Crippen LogP contribution >= 0.6 is 0 Å². The number of hydrogen-bond donors (Lipinski definition) is 2. The topological polar surface area (TPSA) is 65.2 Å². The summed E-state index contributed by atoms with van der Waals surface area (Å²) in [5, 5.41) is 25.4. The van der Waals surface area contributed by atoms with Crippen LogP contribution in [0.15, 0.2) is 58.8 Å². The second-order valence-corrected chi connectivity index (χ2v) is 4.37. The highest BCUT2D eigenvalue weighted by Gasteiger charge is 2.23. The first kappa shape index (κ1) is 11.5. The summed E-state index contributed by atoms with van der Waals surface area (Å²) in [4.78, 5) is 0. The molecule has 3 rings (SSSR count). The Bertz CT molecular complexity index is 690. The number of hydrogen-bond acceptors (Lipinski definition) is 4. The summed E-state index contributed by atoms with van der Waals surface area (Å²) in [6.07, 6.45) is 0.503. The van der Waals surface area contributed by atoms with Crippen molar-refractivity contribution in [1.29, 1.82) is 0 Å². The van der Waals surface area contributed by atoms with Gasteiger partial charge >= 0.3 is 0 Å². The Morgan fingerprint density at radius 2 is 1.37 bits per heavy atom. The molecule has 0 atom stereocenters. The van der Waals surface area contributed by atoms with Crippen LogP contribution in [0.2, 0.25) is 0 Å². The molecule has 0 heterocycles. The van der Waals surface area contributed by atoms with Crippen LogP contribution < -0.4 is 0 Å². The van der Waals surface area contributed by atoms with Gasteiger partial charge in [0.05, 0.1) is 5.71 Å². The second-order valence-electron chi connectivity index (χ2n) is 4.37. The Kier molecular flexibility index (Phi) is 2.76. The molecule has 0 spiro atoms. The van der Waals surface area contributed by atoms with Gasteiger partial charge < -0.3 is 10.4 Å². The van der Waals surface area contributed by atoms with E-state index in [4.69, 9.17) is 0 Å². The van der Waals surface area contributed by atoms with Crippen molar-refractivity contribution in [3.63, 3.8) is 0 Å². The maximum absolute atomic E-state index is 9.35. The molecule has 0 amide bonds. The predicted octanol–water partition coefficient (Wildman–Crippen LogP) is 2.65. The van der Waals surface area contributed by atoms with Crippen LogP contribution in [0.5, 0.6) is 0 Å². The highest BCUT2D eigenvalue weighted by Crippen LogP contribution is 2.25. The SMILES string of the molecule is ON=C1Cc2ccccc2C(=NO)c2ccccc21. The van der Waals surface area contributed by atoms with Gasteiger partial charge in [-0.1, -0.05) is 58.8 Å². The first-order chi connectivity index (χ1) is 9.35.